The summed E-state index contributed by atoms with van der Waals surface area (Å²) in [5, 5.41) is 1.74. The van der Waals surface area contributed by atoms with E-state index in [9.17, 15) is 4.79 Å². The van der Waals surface area contributed by atoms with Crippen molar-refractivity contribution in [3.05, 3.63) is 28.0 Å². The number of aromatic nitrogens is 1. The standard InChI is InChI=1S/C9H7ClN2O2/c1-14-9(13)7-4-5-6(12-7)2-3-11-8(5)10/h2-4,7H,1H3/t7-/m0/s1. The van der Waals surface area contributed by atoms with Gasteiger partial charge in [0.1, 0.15) is 5.15 Å². The van der Waals surface area contributed by atoms with Crippen LogP contribution in [0.3, 0.4) is 0 Å². The Bertz CT molecular complexity index is 498. The van der Waals surface area contributed by atoms with Crippen LogP contribution in [0.1, 0.15) is 0 Å². The Morgan fingerprint density at radius 3 is 3.07 bits per heavy atom. The average molecular weight is 211 g/mol. The number of fused-ring (bicyclic) bond motifs is 1. The molecule has 0 N–H and O–H groups in total. The van der Waals surface area contributed by atoms with E-state index in [1.54, 1.807) is 18.3 Å². The molecule has 0 unspecified atom stereocenters. The van der Waals surface area contributed by atoms with Gasteiger partial charge in [0.25, 0.3) is 0 Å². The first kappa shape index (κ1) is 9.15. The second-order valence-corrected chi connectivity index (χ2v) is 3.16. The molecular formula is C9H7ClN2O2. The van der Waals surface area contributed by atoms with Crippen LogP contribution in [0.4, 0.5) is 0 Å². The lowest BCUT2D eigenvalue weighted by molar-refractivity contribution is -0.140. The predicted octanol–water partition coefficient (Wildman–Crippen LogP) is -0.310. The molecule has 4 nitrogen and oxygen atoms in total. The number of ether oxygens (including phenoxy) is 1. The SMILES string of the molecule is COC(=O)[C@@H]1C=c2c(Cl)nccc2=N1. The van der Waals surface area contributed by atoms with E-state index in [1.165, 1.54) is 7.11 Å². The summed E-state index contributed by atoms with van der Waals surface area (Å²) in [5.41, 5.74) is 0. The Hall–Kier alpha value is -1.42. The molecule has 0 aliphatic carbocycles. The molecule has 5 heteroatoms. The van der Waals surface area contributed by atoms with Crippen LogP contribution in [0, 0.1) is 0 Å². The summed E-state index contributed by atoms with van der Waals surface area (Å²) in [5.74, 6) is -0.391. The first-order valence-electron chi connectivity index (χ1n) is 4.00. The van der Waals surface area contributed by atoms with E-state index < -0.39 is 12.0 Å². The maximum absolute atomic E-state index is 11.2. The number of carbonyl (C=O) groups is 1. The van der Waals surface area contributed by atoms with E-state index >= 15 is 0 Å². The zero-order valence-corrected chi connectivity index (χ0v) is 8.15. The minimum Gasteiger partial charge on any atom is -0.467 e. The van der Waals surface area contributed by atoms with Crippen molar-refractivity contribution in [1.29, 1.82) is 0 Å². The number of hydrogen-bond donors (Lipinski definition) is 0. The summed E-state index contributed by atoms with van der Waals surface area (Å²) in [6.07, 6.45) is 3.20. The second kappa shape index (κ2) is 3.38. The van der Waals surface area contributed by atoms with E-state index in [0.29, 0.717) is 15.7 Å². The van der Waals surface area contributed by atoms with Gasteiger partial charge in [-0.15, -0.1) is 0 Å². The first-order chi connectivity index (χ1) is 6.72. The molecule has 1 aromatic heterocycles. The highest BCUT2D eigenvalue weighted by Gasteiger charge is 2.19. The third-order valence-corrected chi connectivity index (χ3v) is 2.27. The number of nitrogens with zero attached hydrogens (tertiary/aromatic N) is 2. The molecule has 1 aliphatic rings. The topological polar surface area (TPSA) is 51.5 Å². The molecule has 0 spiro atoms. The molecule has 0 saturated heterocycles. The molecule has 0 aromatic carbocycles. The van der Waals surface area contributed by atoms with Crippen molar-refractivity contribution in [3.63, 3.8) is 0 Å². The Labute approximate surface area is 84.9 Å². The molecule has 72 valence electrons. The van der Waals surface area contributed by atoms with E-state index in [-0.39, 0.29) is 0 Å². The molecule has 2 heterocycles. The highest BCUT2D eigenvalue weighted by molar-refractivity contribution is 6.29. The second-order valence-electron chi connectivity index (χ2n) is 2.80. The summed E-state index contributed by atoms with van der Waals surface area (Å²) in [6, 6.07) is 1.12. The summed E-state index contributed by atoms with van der Waals surface area (Å²) >= 11 is 5.83. The molecule has 0 radical (unpaired) electrons. The number of hydrogen-bond acceptors (Lipinski definition) is 4. The molecule has 2 rings (SSSR count). The summed E-state index contributed by atoms with van der Waals surface area (Å²) in [7, 11) is 1.33. The van der Waals surface area contributed by atoms with Gasteiger partial charge in [0.05, 0.1) is 12.5 Å². The number of carbonyl (C=O) groups excluding carboxylic acids is 1. The Morgan fingerprint density at radius 2 is 2.43 bits per heavy atom. The van der Waals surface area contributed by atoms with Crippen molar-refractivity contribution < 1.29 is 9.53 Å². The van der Waals surface area contributed by atoms with Crippen molar-refractivity contribution in [2.75, 3.05) is 7.11 Å². The van der Waals surface area contributed by atoms with Gasteiger partial charge >= 0.3 is 5.97 Å². The lowest BCUT2D eigenvalue weighted by Gasteiger charge is -1.99. The van der Waals surface area contributed by atoms with Crippen molar-refractivity contribution in [1.82, 2.24) is 4.98 Å². The van der Waals surface area contributed by atoms with Crippen molar-refractivity contribution in [2.45, 2.75) is 6.04 Å². The Balaban J connectivity index is 2.54. The number of methoxy groups -OCH3 is 1. The van der Waals surface area contributed by atoms with Crippen LogP contribution >= 0.6 is 11.6 Å². The van der Waals surface area contributed by atoms with Crippen LogP contribution in [0.25, 0.3) is 6.08 Å². The van der Waals surface area contributed by atoms with E-state index in [2.05, 4.69) is 14.7 Å². The molecule has 0 bridgehead atoms. The van der Waals surface area contributed by atoms with Gasteiger partial charge in [-0.05, 0) is 12.1 Å². The lowest BCUT2D eigenvalue weighted by Crippen LogP contribution is -2.22. The largest absolute Gasteiger partial charge is 0.467 e. The molecule has 0 amide bonds. The first-order valence-corrected chi connectivity index (χ1v) is 4.38. The Morgan fingerprint density at radius 1 is 1.64 bits per heavy atom. The average Bonchev–Trinajstić information content (AvgIpc) is 2.62. The third kappa shape index (κ3) is 1.37. The molecule has 0 fully saturated rings. The fraction of sp³-hybridized carbons (Fsp3) is 0.222. The number of pyridine rings is 1. The highest BCUT2D eigenvalue weighted by atomic mass is 35.5. The van der Waals surface area contributed by atoms with Crippen LogP contribution in [-0.2, 0) is 9.53 Å². The van der Waals surface area contributed by atoms with Crippen molar-refractivity contribution >= 4 is 23.6 Å². The van der Waals surface area contributed by atoms with E-state index in [0.717, 1.165) is 0 Å². The number of halogens is 1. The van der Waals surface area contributed by atoms with E-state index in [4.69, 9.17) is 11.6 Å². The zero-order chi connectivity index (χ0) is 10.1. The van der Waals surface area contributed by atoms with Gasteiger partial charge in [-0.3, -0.25) is 4.99 Å². The zero-order valence-electron chi connectivity index (χ0n) is 7.40. The number of esters is 1. The third-order valence-electron chi connectivity index (χ3n) is 1.96. The van der Waals surface area contributed by atoms with Crippen LogP contribution in [0.2, 0.25) is 5.15 Å². The number of rotatable bonds is 1. The van der Waals surface area contributed by atoms with Gasteiger partial charge in [-0.2, -0.15) is 0 Å². The smallest absolute Gasteiger partial charge is 0.334 e. The summed E-state index contributed by atoms with van der Waals surface area (Å²) in [6.45, 7) is 0. The monoisotopic (exact) mass is 210 g/mol. The Kier molecular flexibility index (Phi) is 2.21. The van der Waals surface area contributed by atoms with Crippen LogP contribution < -0.4 is 10.6 Å². The quantitative estimate of drug-likeness (QED) is 0.472. The highest BCUT2D eigenvalue weighted by Crippen LogP contribution is 2.01. The predicted molar refractivity (Wildman–Crippen MR) is 50.3 cm³/mol. The molecule has 14 heavy (non-hydrogen) atoms. The van der Waals surface area contributed by atoms with Gasteiger partial charge in [0.2, 0.25) is 0 Å². The normalized spacial score (nSPS) is 18.0. The molecule has 1 aliphatic heterocycles. The lowest BCUT2D eigenvalue weighted by atomic mass is 10.3. The van der Waals surface area contributed by atoms with Gasteiger partial charge in [0, 0.05) is 11.4 Å². The van der Waals surface area contributed by atoms with Crippen LogP contribution in [-0.4, -0.2) is 24.1 Å². The van der Waals surface area contributed by atoms with Crippen LogP contribution in [0.5, 0.6) is 0 Å². The minimum atomic E-state index is -0.586. The van der Waals surface area contributed by atoms with Gasteiger partial charge in [-0.1, -0.05) is 11.6 Å². The maximum Gasteiger partial charge on any atom is 0.334 e. The summed E-state index contributed by atoms with van der Waals surface area (Å²) < 4.78 is 4.58. The fourth-order valence-corrected chi connectivity index (χ4v) is 1.51. The van der Waals surface area contributed by atoms with E-state index in [1.807, 2.05) is 0 Å². The summed E-state index contributed by atoms with van der Waals surface area (Å²) in [4.78, 5) is 19.2. The van der Waals surface area contributed by atoms with Crippen LogP contribution in [0.15, 0.2) is 17.3 Å². The molecule has 1 aromatic rings. The van der Waals surface area contributed by atoms with Crippen molar-refractivity contribution in [2.24, 2.45) is 4.99 Å². The molecular weight excluding hydrogens is 204 g/mol. The maximum atomic E-state index is 11.2. The van der Waals surface area contributed by atoms with Crippen molar-refractivity contribution in [3.8, 4) is 0 Å². The fourth-order valence-electron chi connectivity index (χ4n) is 1.29. The van der Waals surface area contributed by atoms with Gasteiger partial charge in [0.15, 0.2) is 6.04 Å². The van der Waals surface area contributed by atoms with Gasteiger partial charge < -0.3 is 4.74 Å². The molecule has 1 atom stereocenters. The minimum absolute atomic E-state index is 0.359. The molecule has 0 saturated carbocycles. The van der Waals surface area contributed by atoms with Gasteiger partial charge in [-0.25, -0.2) is 9.78 Å².